The van der Waals surface area contributed by atoms with Crippen LogP contribution >= 0.6 is 0 Å². The number of fused-ring (bicyclic) bond motifs is 1. The number of benzene rings is 1. The van der Waals surface area contributed by atoms with Crippen molar-refractivity contribution in [2.45, 2.75) is 19.4 Å². The van der Waals surface area contributed by atoms with Crippen LogP contribution in [0.1, 0.15) is 28.0 Å². The van der Waals surface area contributed by atoms with Gasteiger partial charge in [-0.15, -0.1) is 0 Å². The lowest BCUT2D eigenvalue weighted by Gasteiger charge is -2.28. The van der Waals surface area contributed by atoms with E-state index in [0.29, 0.717) is 18.1 Å². The van der Waals surface area contributed by atoms with Gasteiger partial charge in [0.15, 0.2) is 0 Å². The van der Waals surface area contributed by atoms with E-state index in [2.05, 4.69) is 46.4 Å². The van der Waals surface area contributed by atoms with Crippen LogP contribution < -0.4 is 5.32 Å². The number of nitrogens with one attached hydrogen (secondary N) is 1. The third kappa shape index (κ3) is 4.54. The molecule has 132 valence electrons. The van der Waals surface area contributed by atoms with Gasteiger partial charge in [-0.25, -0.2) is 9.97 Å². The number of nitrogens with zero attached hydrogens (tertiary/aromatic N) is 4. The molecule has 0 bridgehead atoms. The summed E-state index contributed by atoms with van der Waals surface area (Å²) < 4.78 is 0. The summed E-state index contributed by atoms with van der Waals surface area (Å²) in [5.41, 5.74) is 2.95. The summed E-state index contributed by atoms with van der Waals surface area (Å²) in [6.45, 7) is 3.22. The molecule has 2 aromatic rings. The predicted molar refractivity (Wildman–Crippen MR) is 98.6 cm³/mol. The average molecular weight is 339 g/mol. The normalized spacial score (nSPS) is 13.6. The number of aromatic nitrogens is 2. The second-order valence-corrected chi connectivity index (χ2v) is 6.62. The van der Waals surface area contributed by atoms with Gasteiger partial charge in [0.25, 0.3) is 5.91 Å². The first kappa shape index (κ1) is 17.4. The van der Waals surface area contributed by atoms with E-state index < -0.39 is 0 Å². The smallest absolute Gasteiger partial charge is 0.274 e. The molecule has 0 spiro atoms. The van der Waals surface area contributed by atoms with Crippen LogP contribution in [0.4, 0.5) is 5.82 Å². The Bertz CT molecular complexity index is 714. The summed E-state index contributed by atoms with van der Waals surface area (Å²) in [7, 11) is 4.11. The molecule has 1 aromatic heterocycles. The van der Waals surface area contributed by atoms with E-state index in [1.165, 1.54) is 11.1 Å². The fraction of sp³-hybridized carbons (Fsp3) is 0.421. The second-order valence-electron chi connectivity index (χ2n) is 6.62. The molecule has 25 heavy (non-hydrogen) atoms. The molecule has 1 aliphatic rings. The highest BCUT2D eigenvalue weighted by molar-refractivity contribution is 5.92. The molecule has 2 heterocycles. The molecule has 0 aliphatic carbocycles. The lowest BCUT2D eigenvalue weighted by molar-refractivity contribution is 0.0728. The van der Waals surface area contributed by atoms with Crippen LogP contribution in [0, 0.1) is 0 Å². The van der Waals surface area contributed by atoms with Crippen molar-refractivity contribution in [2.75, 3.05) is 39.0 Å². The molecule has 0 saturated heterocycles. The van der Waals surface area contributed by atoms with Crippen LogP contribution in [0.15, 0.2) is 36.7 Å². The van der Waals surface area contributed by atoms with E-state index in [9.17, 15) is 4.79 Å². The van der Waals surface area contributed by atoms with Crippen molar-refractivity contribution in [1.82, 2.24) is 19.8 Å². The summed E-state index contributed by atoms with van der Waals surface area (Å²) in [5, 5.41) is 3.23. The molecule has 6 nitrogen and oxygen atoms in total. The minimum Gasteiger partial charge on any atom is -0.369 e. The predicted octanol–water partition coefficient (Wildman–Crippen LogP) is 2.04. The van der Waals surface area contributed by atoms with Crippen LogP contribution in [-0.2, 0) is 13.0 Å². The second kappa shape index (κ2) is 8.07. The van der Waals surface area contributed by atoms with E-state index in [0.717, 1.165) is 32.5 Å². The summed E-state index contributed by atoms with van der Waals surface area (Å²) in [6, 6.07) is 8.28. The van der Waals surface area contributed by atoms with Crippen LogP contribution in [-0.4, -0.2) is 59.4 Å². The van der Waals surface area contributed by atoms with Crippen LogP contribution in [0.2, 0.25) is 0 Å². The lowest BCUT2D eigenvalue weighted by atomic mass is 10.00. The molecule has 3 rings (SSSR count). The van der Waals surface area contributed by atoms with Gasteiger partial charge in [-0.3, -0.25) is 4.79 Å². The maximum absolute atomic E-state index is 12.7. The van der Waals surface area contributed by atoms with E-state index >= 15 is 0 Å². The summed E-state index contributed by atoms with van der Waals surface area (Å²) >= 11 is 0. The SMILES string of the molecule is CN(C)CCCNc1cnc(C(=O)N2CCc3ccccc3C2)cn1. The van der Waals surface area contributed by atoms with Gasteiger partial charge in [0, 0.05) is 19.6 Å². The maximum atomic E-state index is 12.7. The van der Waals surface area contributed by atoms with Crippen molar-refractivity contribution in [3.8, 4) is 0 Å². The fourth-order valence-electron chi connectivity index (χ4n) is 2.97. The fourth-order valence-corrected chi connectivity index (χ4v) is 2.97. The first-order valence-electron chi connectivity index (χ1n) is 8.70. The molecule has 1 N–H and O–H groups in total. The first-order valence-corrected chi connectivity index (χ1v) is 8.70. The zero-order valence-electron chi connectivity index (χ0n) is 14.9. The molecule has 1 amide bonds. The largest absolute Gasteiger partial charge is 0.369 e. The monoisotopic (exact) mass is 339 g/mol. The van der Waals surface area contributed by atoms with E-state index in [1.807, 2.05) is 17.0 Å². The van der Waals surface area contributed by atoms with Gasteiger partial charge in [0.2, 0.25) is 0 Å². The minimum atomic E-state index is -0.0545. The molecule has 0 fully saturated rings. The molecule has 1 aliphatic heterocycles. The number of rotatable bonds is 6. The third-order valence-corrected chi connectivity index (χ3v) is 4.38. The zero-order chi connectivity index (χ0) is 17.6. The van der Waals surface area contributed by atoms with Crippen LogP contribution in [0.3, 0.4) is 0 Å². The first-order chi connectivity index (χ1) is 12.1. The topological polar surface area (TPSA) is 61.4 Å². The standard InChI is InChI=1S/C19H25N5O/c1-23(2)10-5-9-20-18-13-21-17(12-22-18)19(25)24-11-8-15-6-3-4-7-16(15)14-24/h3-4,6-7,12-13H,5,8-11,14H2,1-2H3,(H,20,22). The molecule has 0 saturated carbocycles. The van der Waals surface area contributed by atoms with Gasteiger partial charge in [-0.05, 0) is 44.6 Å². The summed E-state index contributed by atoms with van der Waals surface area (Å²) in [4.78, 5) is 25.3. The lowest BCUT2D eigenvalue weighted by Crippen LogP contribution is -2.36. The Kier molecular flexibility index (Phi) is 5.60. The highest BCUT2D eigenvalue weighted by Gasteiger charge is 2.22. The van der Waals surface area contributed by atoms with Gasteiger partial charge >= 0.3 is 0 Å². The summed E-state index contributed by atoms with van der Waals surface area (Å²) in [5.74, 6) is 0.653. The molecular weight excluding hydrogens is 314 g/mol. The number of anilines is 1. The number of hydrogen-bond acceptors (Lipinski definition) is 5. The molecule has 0 radical (unpaired) electrons. The van der Waals surface area contributed by atoms with Crippen molar-refractivity contribution in [3.05, 3.63) is 53.5 Å². The average Bonchev–Trinajstić information content (AvgIpc) is 2.64. The van der Waals surface area contributed by atoms with E-state index in [-0.39, 0.29) is 5.91 Å². The molecule has 1 aromatic carbocycles. The molecule has 0 unspecified atom stereocenters. The van der Waals surface area contributed by atoms with Crippen LogP contribution in [0.25, 0.3) is 0 Å². The van der Waals surface area contributed by atoms with Crippen molar-refractivity contribution in [3.63, 3.8) is 0 Å². The Morgan fingerprint density at radius 2 is 2.00 bits per heavy atom. The van der Waals surface area contributed by atoms with E-state index in [1.54, 1.807) is 12.4 Å². The highest BCUT2D eigenvalue weighted by atomic mass is 16.2. The van der Waals surface area contributed by atoms with E-state index in [4.69, 9.17) is 0 Å². The highest BCUT2D eigenvalue weighted by Crippen LogP contribution is 2.19. The third-order valence-electron chi connectivity index (χ3n) is 4.38. The van der Waals surface area contributed by atoms with Gasteiger partial charge in [-0.2, -0.15) is 0 Å². The van der Waals surface area contributed by atoms with Gasteiger partial charge < -0.3 is 15.1 Å². The molecule has 0 atom stereocenters. The van der Waals surface area contributed by atoms with Gasteiger partial charge in [0.05, 0.1) is 12.4 Å². The van der Waals surface area contributed by atoms with Gasteiger partial charge in [0.1, 0.15) is 11.5 Å². The van der Waals surface area contributed by atoms with Crippen molar-refractivity contribution >= 4 is 11.7 Å². The number of carbonyl (C=O) groups is 1. The van der Waals surface area contributed by atoms with Crippen molar-refractivity contribution < 1.29 is 4.79 Å². The van der Waals surface area contributed by atoms with Crippen LogP contribution in [0.5, 0.6) is 0 Å². The Balaban J connectivity index is 1.56. The summed E-state index contributed by atoms with van der Waals surface area (Å²) in [6.07, 6.45) is 5.13. The Hall–Kier alpha value is -2.47. The minimum absolute atomic E-state index is 0.0545. The maximum Gasteiger partial charge on any atom is 0.274 e. The van der Waals surface area contributed by atoms with Gasteiger partial charge in [-0.1, -0.05) is 24.3 Å². The number of carbonyl (C=O) groups excluding carboxylic acids is 1. The Morgan fingerprint density at radius 3 is 2.72 bits per heavy atom. The quantitative estimate of drug-likeness (QED) is 0.816. The van der Waals surface area contributed by atoms with Crippen molar-refractivity contribution in [1.29, 1.82) is 0 Å². The molecule has 6 heteroatoms. The number of amides is 1. The molecular formula is C19H25N5O. The Labute approximate surface area is 148 Å². The Morgan fingerprint density at radius 1 is 1.20 bits per heavy atom. The number of hydrogen-bond donors (Lipinski definition) is 1. The van der Waals surface area contributed by atoms with Crippen molar-refractivity contribution in [2.24, 2.45) is 0 Å². The zero-order valence-corrected chi connectivity index (χ0v) is 14.9.